The molecule has 1 fully saturated rings. The van der Waals surface area contributed by atoms with Gasteiger partial charge in [0.25, 0.3) is 5.91 Å². The molecule has 12 heteroatoms. The van der Waals surface area contributed by atoms with Gasteiger partial charge in [0.1, 0.15) is 33.8 Å². The summed E-state index contributed by atoms with van der Waals surface area (Å²) in [5.41, 5.74) is 0.950. The normalized spacial score (nSPS) is 14.5. The van der Waals surface area contributed by atoms with E-state index in [1.807, 2.05) is 27.7 Å². The van der Waals surface area contributed by atoms with Crippen molar-refractivity contribution in [2.45, 2.75) is 59.1 Å². The first-order valence-corrected chi connectivity index (χ1v) is 14.1. The predicted molar refractivity (Wildman–Crippen MR) is 158 cm³/mol. The molecule has 0 saturated carbocycles. The Balaban J connectivity index is 1.39. The summed E-state index contributed by atoms with van der Waals surface area (Å²) in [4.78, 5) is 34.2. The number of aryl methyl sites for hydroxylation is 3. The number of hydrogen-bond acceptors (Lipinski definition) is 6. The molecule has 0 unspecified atom stereocenters. The number of nitrogens with zero attached hydrogens (tertiary/aromatic N) is 6. The molecular weight excluding hydrogens is 544 g/mol. The number of fused-ring (bicyclic) bond motifs is 2. The van der Waals surface area contributed by atoms with Crippen molar-refractivity contribution in [3.05, 3.63) is 47.4 Å². The molecule has 0 aliphatic carbocycles. The van der Waals surface area contributed by atoms with Crippen LogP contribution in [0.4, 0.5) is 25.0 Å². The van der Waals surface area contributed by atoms with Crippen molar-refractivity contribution in [1.82, 2.24) is 24.2 Å². The number of ether oxygens (including phenoxy) is 1. The summed E-state index contributed by atoms with van der Waals surface area (Å²) in [6, 6.07) is 4.15. The number of nitrogens with one attached hydrogen (secondary N) is 1. The van der Waals surface area contributed by atoms with Gasteiger partial charge in [0.15, 0.2) is 5.82 Å². The van der Waals surface area contributed by atoms with Crippen LogP contribution in [0.2, 0.25) is 0 Å². The van der Waals surface area contributed by atoms with Crippen LogP contribution in [0.5, 0.6) is 0 Å². The number of anilines is 2. The van der Waals surface area contributed by atoms with Crippen LogP contribution in [-0.2, 0) is 18.8 Å². The van der Waals surface area contributed by atoms with Crippen LogP contribution in [-0.4, -0.2) is 67.5 Å². The SMILES string of the molecule is CCN(C(=O)OC(C)(C)C)C1CCN(c2cc(F)c(C(=O)Nc3cc(F)c4nc(C)n(C)c4c3)c3nn(C)cc23)CC1. The number of amides is 2. The molecule has 0 atom stereocenters. The second-order valence-electron chi connectivity index (χ2n) is 11.8. The molecule has 1 aliphatic heterocycles. The number of benzene rings is 2. The van der Waals surface area contributed by atoms with Gasteiger partial charge in [0, 0.05) is 57.0 Å². The molecule has 3 heterocycles. The Morgan fingerprint density at radius 3 is 2.43 bits per heavy atom. The van der Waals surface area contributed by atoms with Gasteiger partial charge in [0.05, 0.1) is 11.2 Å². The number of piperidine rings is 1. The number of halogens is 2. The van der Waals surface area contributed by atoms with Crippen LogP contribution >= 0.6 is 0 Å². The summed E-state index contributed by atoms with van der Waals surface area (Å²) < 4.78 is 39.3. The average molecular weight is 582 g/mol. The first-order valence-electron chi connectivity index (χ1n) is 14.1. The molecule has 5 rings (SSSR count). The lowest BCUT2D eigenvalue weighted by Gasteiger charge is -2.39. The van der Waals surface area contributed by atoms with Crippen molar-refractivity contribution in [3.8, 4) is 0 Å². The maximum absolute atomic E-state index is 15.7. The van der Waals surface area contributed by atoms with Crippen molar-refractivity contribution in [3.63, 3.8) is 0 Å². The van der Waals surface area contributed by atoms with Gasteiger partial charge in [-0.25, -0.2) is 18.6 Å². The van der Waals surface area contributed by atoms with Gasteiger partial charge < -0.3 is 24.4 Å². The van der Waals surface area contributed by atoms with E-state index in [-0.39, 0.29) is 34.4 Å². The van der Waals surface area contributed by atoms with Crippen LogP contribution in [0, 0.1) is 18.6 Å². The van der Waals surface area contributed by atoms with Crippen molar-refractivity contribution in [2.75, 3.05) is 29.9 Å². The number of carbonyl (C=O) groups is 2. The first kappa shape index (κ1) is 29.3. The Bertz CT molecular complexity index is 1680. The van der Waals surface area contributed by atoms with E-state index in [1.165, 1.54) is 12.1 Å². The molecular formula is C30H37F2N7O3. The molecule has 10 nitrogen and oxygen atoms in total. The zero-order chi connectivity index (χ0) is 30.5. The Kier molecular flexibility index (Phi) is 7.59. The number of hydrogen-bond donors (Lipinski definition) is 1. The van der Waals surface area contributed by atoms with E-state index in [4.69, 9.17) is 4.74 Å². The zero-order valence-corrected chi connectivity index (χ0v) is 25.1. The zero-order valence-electron chi connectivity index (χ0n) is 25.1. The van der Waals surface area contributed by atoms with E-state index in [0.717, 1.165) is 0 Å². The highest BCUT2D eigenvalue weighted by atomic mass is 19.1. The highest BCUT2D eigenvalue weighted by Crippen LogP contribution is 2.34. The van der Waals surface area contributed by atoms with Gasteiger partial charge in [0.2, 0.25) is 0 Å². The summed E-state index contributed by atoms with van der Waals surface area (Å²) >= 11 is 0. The minimum Gasteiger partial charge on any atom is -0.444 e. The van der Waals surface area contributed by atoms with E-state index in [0.29, 0.717) is 54.9 Å². The smallest absolute Gasteiger partial charge is 0.410 e. The fourth-order valence-corrected chi connectivity index (χ4v) is 5.62. The number of aromatic nitrogens is 4. The Labute approximate surface area is 243 Å². The summed E-state index contributed by atoms with van der Waals surface area (Å²) in [6.45, 7) is 10.9. The molecule has 2 aromatic heterocycles. The number of imidazole rings is 1. The van der Waals surface area contributed by atoms with Gasteiger partial charge in [-0.1, -0.05) is 0 Å². The monoisotopic (exact) mass is 581 g/mol. The van der Waals surface area contributed by atoms with Crippen LogP contribution < -0.4 is 10.2 Å². The topological polar surface area (TPSA) is 97.5 Å². The van der Waals surface area contributed by atoms with Gasteiger partial charge >= 0.3 is 6.09 Å². The molecule has 1 saturated heterocycles. The number of carbonyl (C=O) groups excluding carboxylic acids is 2. The second kappa shape index (κ2) is 10.9. The molecule has 2 amide bonds. The molecule has 0 spiro atoms. The fraction of sp³-hybridized carbons (Fsp3) is 0.467. The highest BCUT2D eigenvalue weighted by Gasteiger charge is 2.32. The maximum Gasteiger partial charge on any atom is 0.410 e. The fourth-order valence-electron chi connectivity index (χ4n) is 5.62. The van der Waals surface area contributed by atoms with Crippen molar-refractivity contribution >= 4 is 45.3 Å². The Morgan fingerprint density at radius 2 is 1.79 bits per heavy atom. The largest absolute Gasteiger partial charge is 0.444 e. The van der Waals surface area contributed by atoms with Crippen molar-refractivity contribution < 1.29 is 23.1 Å². The van der Waals surface area contributed by atoms with Crippen molar-refractivity contribution in [1.29, 1.82) is 0 Å². The van der Waals surface area contributed by atoms with Gasteiger partial charge in [-0.3, -0.25) is 9.48 Å². The summed E-state index contributed by atoms with van der Waals surface area (Å²) in [5, 5.41) is 7.70. The first-order chi connectivity index (χ1) is 19.8. The maximum atomic E-state index is 15.7. The van der Waals surface area contributed by atoms with E-state index < -0.39 is 23.1 Å². The summed E-state index contributed by atoms with van der Waals surface area (Å²) in [6.07, 6.45) is 2.79. The molecule has 1 aliphatic rings. The van der Waals surface area contributed by atoms with E-state index in [2.05, 4.69) is 20.3 Å². The third-order valence-corrected chi connectivity index (χ3v) is 7.71. The Hall–Kier alpha value is -4.22. The molecule has 0 bridgehead atoms. The molecule has 224 valence electrons. The highest BCUT2D eigenvalue weighted by molar-refractivity contribution is 6.14. The van der Waals surface area contributed by atoms with Crippen LogP contribution in [0.3, 0.4) is 0 Å². The van der Waals surface area contributed by atoms with Gasteiger partial charge in [-0.15, -0.1) is 0 Å². The van der Waals surface area contributed by atoms with Gasteiger partial charge in [-0.2, -0.15) is 5.10 Å². The lowest BCUT2D eigenvalue weighted by molar-refractivity contribution is 0.0149. The molecule has 0 radical (unpaired) electrons. The van der Waals surface area contributed by atoms with Crippen molar-refractivity contribution in [2.24, 2.45) is 14.1 Å². The standard InChI is InChI=1S/C30H37F2N7O3/c1-8-39(29(41)42-30(3,4)5)19-9-11-38(12-10-19)23-15-21(31)25(26-20(23)16-36(6)35-26)28(40)34-18-13-22(32)27-24(14-18)37(7)17(2)33-27/h13-16,19H,8-12H2,1-7H3,(H,34,40). The second-order valence-corrected chi connectivity index (χ2v) is 11.8. The summed E-state index contributed by atoms with van der Waals surface area (Å²) in [7, 11) is 3.47. The molecule has 1 N–H and O–H groups in total. The third kappa shape index (κ3) is 5.49. The molecule has 2 aromatic carbocycles. The Morgan fingerprint density at radius 1 is 1.10 bits per heavy atom. The quantitative estimate of drug-likeness (QED) is 0.333. The van der Waals surface area contributed by atoms with E-state index in [1.54, 1.807) is 47.4 Å². The lowest BCUT2D eigenvalue weighted by Crippen LogP contribution is -2.48. The lowest BCUT2D eigenvalue weighted by atomic mass is 10.0. The minimum absolute atomic E-state index is 0.00124. The number of rotatable bonds is 5. The van der Waals surface area contributed by atoms with Crippen LogP contribution in [0.1, 0.15) is 56.7 Å². The minimum atomic E-state index is -0.727. The van der Waals surface area contributed by atoms with E-state index >= 15 is 4.39 Å². The molecule has 4 aromatic rings. The summed E-state index contributed by atoms with van der Waals surface area (Å²) in [5.74, 6) is -1.41. The van der Waals surface area contributed by atoms with Crippen LogP contribution in [0.15, 0.2) is 24.4 Å². The van der Waals surface area contributed by atoms with Gasteiger partial charge in [-0.05, 0) is 65.7 Å². The predicted octanol–water partition coefficient (Wildman–Crippen LogP) is 5.52. The molecule has 42 heavy (non-hydrogen) atoms. The average Bonchev–Trinajstić information content (AvgIpc) is 3.42. The van der Waals surface area contributed by atoms with E-state index in [9.17, 15) is 14.0 Å². The van der Waals surface area contributed by atoms with Crippen LogP contribution in [0.25, 0.3) is 21.9 Å². The third-order valence-electron chi connectivity index (χ3n) is 7.71.